The molecule has 0 bridgehead atoms. The van der Waals surface area contributed by atoms with Crippen molar-refractivity contribution in [1.82, 2.24) is 0 Å². The summed E-state index contributed by atoms with van der Waals surface area (Å²) in [6.07, 6.45) is 1.20. The van der Waals surface area contributed by atoms with Gasteiger partial charge >= 0.3 is 5.97 Å². The first kappa shape index (κ1) is 12.9. The highest BCUT2D eigenvalue weighted by Gasteiger charge is 2.23. The number of hydrogen-bond donors (Lipinski definition) is 1. The zero-order chi connectivity index (χ0) is 12.0. The number of aliphatic carboxylic acids is 1. The molecule has 1 aromatic carbocycles. The molecule has 0 aliphatic heterocycles. The molecule has 4 heteroatoms. The molecule has 0 fully saturated rings. The fourth-order valence-electron chi connectivity index (χ4n) is 1.47. The van der Waals surface area contributed by atoms with Crippen molar-refractivity contribution in [3.05, 3.63) is 35.9 Å². The molecule has 0 radical (unpaired) electrons. The summed E-state index contributed by atoms with van der Waals surface area (Å²) in [4.78, 5) is 10.9. The number of carbonyl (C=O) groups is 1. The summed E-state index contributed by atoms with van der Waals surface area (Å²) in [5.41, 5.74) is 0.920. The van der Waals surface area contributed by atoms with Crippen LogP contribution in [0, 0.1) is 0 Å². The predicted molar refractivity (Wildman–Crippen MR) is 64.6 cm³/mol. The second kappa shape index (κ2) is 6.43. The van der Waals surface area contributed by atoms with Crippen LogP contribution < -0.4 is 0 Å². The first-order valence-corrected chi connectivity index (χ1v) is 6.67. The fourth-order valence-corrected chi connectivity index (χ4v) is 2.91. The average molecular weight is 240 g/mol. The van der Waals surface area contributed by atoms with Gasteiger partial charge in [0.25, 0.3) is 0 Å². The molecule has 0 aliphatic carbocycles. The van der Waals surface area contributed by atoms with Crippen LogP contribution in [0.4, 0.5) is 0 Å². The van der Waals surface area contributed by atoms with Gasteiger partial charge < -0.3 is 5.11 Å². The molecule has 0 amide bonds. The highest BCUT2D eigenvalue weighted by molar-refractivity contribution is 7.85. The first-order chi connectivity index (χ1) is 7.65. The SMILES string of the molecule is CCCC(C(=O)O)S(=O)Cc1ccccc1. The Labute approximate surface area is 98.0 Å². The monoisotopic (exact) mass is 240 g/mol. The van der Waals surface area contributed by atoms with Gasteiger partial charge in [0.15, 0.2) is 0 Å². The van der Waals surface area contributed by atoms with Gasteiger partial charge in [0.2, 0.25) is 0 Å². The molecule has 88 valence electrons. The van der Waals surface area contributed by atoms with E-state index in [0.29, 0.717) is 12.2 Å². The van der Waals surface area contributed by atoms with E-state index in [4.69, 9.17) is 5.11 Å². The Morgan fingerprint density at radius 2 is 2.00 bits per heavy atom. The van der Waals surface area contributed by atoms with Crippen molar-refractivity contribution in [3.8, 4) is 0 Å². The maximum atomic E-state index is 11.9. The van der Waals surface area contributed by atoms with Crippen molar-refractivity contribution in [2.75, 3.05) is 0 Å². The molecule has 0 heterocycles. The molecule has 0 saturated carbocycles. The highest BCUT2D eigenvalue weighted by atomic mass is 32.2. The molecule has 0 aliphatic rings. The van der Waals surface area contributed by atoms with E-state index in [2.05, 4.69) is 0 Å². The maximum absolute atomic E-state index is 11.9. The molecular weight excluding hydrogens is 224 g/mol. The lowest BCUT2D eigenvalue weighted by atomic mass is 10.2. The average Bonchev–Trinajstić information content (AvgIpc) is 2.26. The first-order valence-electron chi connectivity index (χ1n) is 5.29. The topological polar surface area (TPSA) is 54.4 Å². The van der Waals surface area contributed by atoms with Crippen LogP contribution in [0.15, 0.2) is 30.3 Å². The van der Waals surface area contributed by atoms with Crippen LogP contribution >= 0.6 is 0 Å². The fraction of sp³-hybridized carbons (Fsp3) is 0.417. The molecule has 0 spiro atoms. The third kappa shape index (κ3) is 3.77. The quantitative estimate of drug-likeness (QED) is 0.829. The molecule has 1 rings (SSSR count). The van der Waals surface area contributed by atoms with Gasteiger partial charge in [0, 0.05) is 16.6 Å². The van der Waals surface area contributed by atoms with E-state index in [1.165, 1.54) is 0 Å². The van der Waals surface area contributed by atoms with Gasteiger partial charge in [-0.1, -0.05) is 43.7 Å². The Balaban J connectivity index is 2.66. The lowest BCUT2D eigenvalue weighted by Crippen LogP contribution is -2.26. The molecule has 0 aromatic heterocycles. The standard InChI is InChI=1S/C12H16O3S/c1-2-6-11(12(13)14)16(15)9-10-7-4-3-5-8-10/h3-5,7-8,11H,2,6,9H2,1H3,(H,13,14). The van der Waals surface area contributed by atoms with E-state index in [0.717, 1.165) is 12.0 Å². The van der Waals surface area contributed by atoms with Gasteiger partial charge in [-0.25, -0.2) is 0 Å². The molecule has 1 N–H and O–H groups in total. The Morgan fingerprint density at radius 3 is 2.50 bits per heavy atom. The second-order valence-electron chi connectivity index (χ2n) is 3.63. The van der Waals surface area contributed by atoms with E-state index in [1.54, 1.807) is 0 Å². The summed E-state index contributed by atoms with van der Waals surface area (Å²) in [6.45, 7) is 1.90. The van der Waals surface area contributed by atoms with Crippen LogP contribution in [0.3, 0.4) is 0 Å². The third-order valence-corrected chi connectivity index (χ3v) is 3.99. The second-order valence-corrected chi connectivity index (χ2v) is 5.25. The normalized spacial score (nSPS) is 14.3. The number of hydrogen-bond acceptors (Lipinski definition) is 2. The lowest BCUT2D eigenvalue weighted by Gasteiger charge is -2.10. The molecule has 0 saturated heterocycles. The van der Waals surface area contributed by atoms with E-state index in [-0.39, 0.29) is 0 Å². The minimum atomic E-state index is -1.34. The largest absolute Gasteiger partial charge is 0.480 e. The van der Waals surface area contributed by atoms with Crippen LogP contribution in [-0.2, 0) is 21.3 Å². The third-order valence-electron chi connectivity index (χ3n) is 2.30. The van der Waals surface area contributed by atoms with Crippen LogP contribution in [0.2, 0.25) is 0 Å². The maximum Gasteiger partial charge on any atom is 0.319 e. The molecule has 2 unspecified atom stereocenters. The number of benzene rings is 1. The molecular formula is C12H16O3S. The summed E-state index contributed by atoms with van der Waals surface area (Å²) >= 11 is 0. The van der Waals surface area contributed by atoms with Gasteiger partial charge in [0.1, 0.15) is 5.25 Å². The zero-order valence-electron chi connectivity index (χ0n) is 9.26. The van der Waals surface area contributed by atoms with Crippen molar-refractivity contribution < 1.29 is 14.1 Å². The highest BCUT2D eigenvalue weighted by Crippen LogP contribution is 2.11. The predicted octanol–water partition coefficient (Wildman–Crippen LogP) is 2.19. The van der Waals surface area contributed by atoms with Crippen molar-refractivity contribution in [3.63, 3.8) is 0 Å². The molecule has 16 heavy (non-hydrogen) atoms. The summed E-state index contributed by atoms with van der Waals surface area (Å²) in [5, 5.41) is 8.21. The van der Waals surface area contributed by atoms with Crippen molar-refractivity contribution in [1.29, 1.82) is 0 Å². The van der Waals surface area contributed by atoms with E-state index >= 15 is 0 Å². The summed E-state index contributed by atoms with van der Waals surface area (Å²) in [5.74, 6) is -0.645. The minimum Gasteiger partial charge on any atom is -0.480 e. The van der Waals surface area contributed by atoms with Gasteiger partial charge in [-0.3, -0.25) is 9.00 Å². The van der Waals surface area contributed by atoms with E-state index in [1.807, 2.05) is 37.3 Å². The van der Waals surface area contributed by atoms with Gasteiger partial charge in [-0.15, -0.1) is 0 Å². The number of carboxylic acids is 1. The van der Waals surface area contributed by atoms with Crippen LogP contribution in [0.5, 0.6) is 0 Å². The summed E-state index contributed by atoms with van der Waals surface area (Å²) in [6, 6.07) is 9.34. The van der Waals surface area contributed by atoms with Crippen molar-refractivity contribution in [2.45, 2.75) is 30.8 Å². The minimum absolute atomic E-state index is 0.317. The molecule has 1 aromatic rings. The Kier molecular flexibility index (Phi) is 5.19. The van der Waals surface area contributed by atoms with Gasteiger partial charge in [-0.2, -0.15) is 0 Å². The molecule has 2 atom stereocenters. The van der Waals surface area contributed by atoms with Gasteiger partial charge in [-0.05, 0) is 12.0 Å². The number of carboxylic acid groups (broad SMARTS) is 1. The summed E-state index contributed by atoms with van der Waals surface area (Å²) in [7, 11) is -1.34. The van der Waals surface area contributed by atoms with E-state index in [9.17, 15) is 9.00 Å². The van der Waals surface area contributed by atoms with Gasteiger partial charge in [0.05, 0.1) is 0 Å². The zero-order valence-corrected chi connectivity index (χ0v) is 10.1. The Bertz CT molecular complexity index is 362. The van der Waals surface area contributed by atoms with E-state index < -0.39 is 22.0 Å². The Morgan fingerprint density at radius 1 is 1.38 bits per heavy atom. The summed E-state index contributed by atoms with van der Waals surface area (Å²) < 4.78 is 11.9. The van der Waals surface area contributed by atoms with Crippen LogP contribution in [-0.4, -0.2) is 20.5 Å². The van der Waals surface area contributed by atoms with Crippen molar-refractivity contribution >= 4 is 16.8 Å². The Hall–Kier alpha value is -1.16. The van der Waals surface area contributed by atoms with Crippen LogP contribution in [0.25, 0.3) is 0 Å². The van der Waals surface area contributed by atoms with Crippen molar-refractivity contribution in [2.24, 2.45) is 0 Å². The molecule has 3 nitrogen and oxygen atoms in total. The number of rotatable bonds is 6. The lowest BCUT2D eigenvalue weighted by molar-refractivity contribution is -0.136. The van der Waals surface area contributed by atoms with Crippen LogP contribution in [0.1, 0.15) is 25.3 Å². The smallest absolute Gasteiger partial charge is 0.319 e.